The molecule has 0 atom stereocenters. The molecular weight excluding hydrogens is 314 g/mol. The van der Waals surface area contributed by atoms with Crippen LogP contribution < -0.4 is 5.32 Å². The molecule has 1 amide bonds. The quantitative estimate of drug-likeness (QED) is 0.908. The van der Waals surface area contributed by atoms with E-state index in [-0.39, 0.29) is 11.7 Å². The highest BCUT2D eigenvalue weighted by Crippen LogP contribution is 2.27. The van der Waals surface area contributed by atoms with Gasteiger partial charge in [-0.3, -0.25) is 4.79 Å². The van der Waals surface area contributed by atoms with Crippen LogP contribution in [-0.2, 0) is 6.54 Å². The number of aryl methyl sites for hydroxylation is 1. The van der Waals surface area contributed by atoms with Crippen LogP contribution in [-0.4, -0.2) is 11.0 Å². The van der Waals surface area contributed by atoms with E-state index in [0.717, 1.165) is 9.35 Å². The number of amides is 1. The molecule has 0 saturated heterocycles. The zero-order valence-corrected chi connectivity index (χ0v) is 12.1. The maximum atomic E-state index is 11.9. The zero-order chi connectivity index (χ0) is 13.1. The standard InChI is InChI=1S/C13H12BrNO2S/c1-8-6-11(18-12(8)14)13(17)15-7-9-4-2-3-5-10(9)16/h2-6,16H,7H2,1H3,(H,15,17). The molecular formula is C13H12BrNO2S. The molecule has 94 valence electrons. The number of carbonyl (C=O) groups is 1. The predicted octanol–water partition coefficient (Wildman–Crippen LogP) is 3.45. The lowest BCUT2D eigenvalue weighted by Gasteiger charge is -2.05. The Morgan fingerprint density at radius 2 is 2.17 bits per heavy atom. The number of hydrogen-bond donors (Lipinski definition) is 2. The van der Waals surface area contributed by atoms with Crippen molar-refractivity contribution in [2.24, 2.45) is 0 Å². The normalized spacial score (nSPS) is 10.3. The van der Waals surface area contributed by atoms with Crippen molar-refractivity contribution in [1.29, 1.82) is 0 Å². The van der Waals surface area contributed by atoms with Gasteiger partial charge in [0.2, 0.25) is 0 Å². The van der Waals surface area contributed by atoms with E-state index in [1.165, 1.54) is 11.3 Å². The molecule has 2 rings (SSSR count). The first-order valence-electron chi connectivity index (χ1n) is 5.39. The number of rotatable bonds is 3. The van der Waals surface area contributed by atoms with Crippen molar-refractivity contribution in [2.45, 2.75) is 13.5 Å². The second-order valence-electron chi connectivity index (χ2n) is 3.88. The number of thiophene rings is 1. The minimum Gasteiger partial charge on any atom is -0.508 e. The molecule has 0 radical (unpaired) electrons. The number of para-hydroxylation sites is 1. The lowest BCUT2D eigenvalue weighted by Crippen LogP contribution is -2.21. The molecule has 0 spiro atoms. The lowest BCUT2D eigenvalue weighted by atomic mass is 10.2. The SMILES string of the molecule is Cc1cc(C(=O)NCc2ccccc2O)sc1Br. The minimum absolute atomic E-state index is 0.128. The van der Waals surface area contributed by atoms with Gasteiger partial charge in [0.1, 0.15) is 5.75 Å². The van der Waals surface area contributed by atoms with E-state index < -0.39 is 0 Å². The molecule has 0 bridgehead atoms. The van der Waals surface area contributed by atoms with Crippen molar-refractivity contribution in [3.8, 4) is 5.75 Å². The summed E-state index contributed by atoms with van der Waals surface area (Å²) in [5.41, 5.74) is 1.76. The van der Waals surface area contributed by atoms with Gasteiger partial charge in [0.25, 0.3) is 5.91 Å². The van der Waals surface area contributed by atoms with E-state index in [1.54, 1.807) is 18.2 Å². The van der Waals surface area contributed by atoms with Gasteiger partial charge in [-0.25, -0.2) is 0 Å². The maximum absolute atomic E-state index is 11.9. The number of carbonyl (C=O) groups excluding carboxylic acids is 1. The Balaban J connectivity index is 2.03. The number of hydrogen-bond acceptors (Lipinski definition) is 3. The zero-order valence-electron chi connectivity index (χ0n) is 9.74. The summed E-state index contributed by atoms with van der Waals surface area (Å²) in [5, 5.41) is 12.4. The highest BCUT2D eigenvalue weighted by molar-refractivity contribution is 9.11. The van der Waals surface area contributed by atoms with Crippen molar-refractivity contribution in [2.75, 3.05) is 0 Å². The summed E-state index contributed by atoms with van der Waals surface area (Å²) in [6.45, 7) is 2.26. The van der Waals surface area contributed by atoms with Gasteiger partial charge in [0.05, 0.1) is 8.66 Å². The van der Waals surface area contributed by atoms with Crippen molar-refractivity contribution < 1.29 is 9.90 Å². The Morgan fingerprint density at radius 1 is 1.44 bits per heavy atom. The summed E-state index contributed by atoms with van der Waals surface area (Å²) in [5.74, 6) is 0.0680. The molecule has 3 nitrogen and oxygen atoms in total. The van der Waals surface area contributed by atoms with E-state index in [1.807, 2.05) is 19.1 Å². The highest BCUT2D eigenvalue weighted by atomic mass is 79.9. The third-order valence-corrected chi connectivity index (χ3v) is 4.65. The van der Waals surface area contributed by atoms with Gasteiger partial charge in [-0.1, -0.05) is 18.2 Å². The third kappa shape index (κ3) is 2.91. The van der Waals surface area contributed by atoms with Gasteiger partial charge in [-0.05, 0) is 40.5 Å². The van der Waals surface area contributed by atoms with Crippen LogP contribution in [0.3, 0.4) is 0 Å². The Labute approximate surface area is 118 Å². The van der Waals surface area contributed by atoms with E-state index in [9.17, 15) is 9.90 Å². The molecule has 5 heteroatoms. The Morgan fingerprint density at radius 3 is 2.78 bits per heavy atom. The number of benzene rings is 1. The van der Waals surface area contributed by atoms with Gasteiger partial charge in [-0.15, -0.1) is 11.3 Å². The van der Waals surface area contributed by atoms with Gasteiger partial charge >= 0.3 is 0 Å². The topological polar surface area (TPSA) is 49.3 Å². The van der Waals surface area contributed by atoms with Crippen LogP contribution in [0.4, 0.5) is 0 Å². The molecule has 0 fully saturated rings. The molecule has 1 aromatic carbocycles. The van der Waals surface area contributed by atoms with Crippen molar-refractivity contribution in [1.82, 2.24) is 5.32 Å². The monoisotopic (exact) mass is 325 g/mol. The molecule has 1 aromatic heterocycles. The molecule has 0 saturated carbocycles. The fourth-order valence-electron chi connectivity index (χ4n) is 1.49. The number of phenolic OH excluding ortho intramolecular Hbond substituents is 1. The van der Waals surface area contributed by atoms with Gasteiger partial charge in [-0.2, -0.15) is 0 Å². The summed E-state index contributed by atoms with van der Waals surface area (Å²) in [6, 6.07) is 8.81. The smallest absolute Gasteiger partial charge is 0.261 e. The number of nitrogens with one attached hydrogen (secondary N) is 1. The average Bonchev–Trinajstić information content (AvgIpc) is 2.68. The fourth-order valence-corrected chi connectivity index (χ4v) is 2.95. The largest absolute Gasteiger partial charge is 0.508 e. The fraction of sp³-hybridized carbons (Fsp3) is 0.154. The molecule has 0 aliphatic carbocycles. The Bertz CT molecular complexity index is 561. The van der Waals surface area contributed by atoms with Crippen LogP contribution in [0.15, 0.2) is 34.1 Å². The first kappa shape index (κ1) is 13.1. The first-order valence-corrected chi connectivity index (χ1v) is 7.00. The summed E-state index contributed by atoms with van der Waals surface area (Å²) in [6.07, 6.45) is 0. The maximum Gasteiger partial charge on any atom is 0.261 e. The second-order valence-corrected chi connectivity index (χ2v) is 6.25. The summed E-state index contributed by atoms with van der Waals surface area (Å²) in [7, 11) is 0. The Kier molecular flexibility index (Phi) is 4.04. The minimum atomic E-state index is -0.128. The second kappa shape index (κ2) is 5.54. The van der Waals surface area contributed by atoms with Crippen LogP contribution in [0, 0.1) is 6.92 Å². The number of phenols is 1. The van der Waals surface area contributed by atoms with Crippen LogP contribution in [0.25, 0.3) is 0 Å². The molecule has 2 aromatic rings. The summed E-state index contributed by atoms with van der Waals surface area (Å²) >= 11 is 4.79. The van der Waals surface area contributed by atoms with Crippen LogP contribution >= 0.6 is 27.3 Å². The third-order valence-electron chi connectivity index (χ3n) is 2.51. The van der Waals surface area contributed by atoms with Crippen LogP contribution in [0.5, 0.6) is 5.75 Å². The number of aromatic hydroxyl groups is 1. The molecule has 18 heavy (non-hydrogen) atoms. The van der Waals surface area contributed by atoms with E-state index in [2.05, 4.69) is 21.2 Å². The van der Waals surface area contributed by atoms with Gasteiger partial charge < -0.3 is 10.4 Å². The molecule has 0 unspecified atom stereocenters. The summed E-state index contributed by atoms with van der Waals surface area (Å²) < 4.78 is 0.968. The van der Waals surface area contributed by atoms with Crippen molar-refractivity contribution in [3.63, 3.8) is 0 Å². The molecule has 0 aliphatic rings. The number of halogens is 1. The average molecular weight is 326 g/mol. The van der Waals surface area contributed by atoms with E-state index in [0.29, 0.717) is 17.0 Å². The molecule has 2 N–H and O–H groups in total. The Hall–Kier alpha value is -1.33. The molecule has 0 aliphatic heterocycles. The summed E-state index contributed by atoms with van der Waals surface area (Å²) in [4.78, 5) is 12.6. The van der Waals surface area contributed by atoms with Gasteiger partial charge in [0.15, 0.2) is 0 Å². The van der Waals surface area contributed by atoms with Gasteiger partial charge in [0, 0.05) is 12.1 Å². The van der Waals surface area contributed by atoms with Crippen LogP contribution in [0.1, 0.15) is 20.8 Å². The van der Waals surface area contributed by atoms with Crippen LogP contribution in [0.2, 0.25) is 0 Å². The predicted molar refractivity (Wildman–Crippen MR) is 76.0 cm³/mol. The lowest BCUT2D eigenvalue weighted by molar-refractivity contribution is 0.0955. The van der Waals surface area contributed by atoms with Crippen molar-refractivity contribution in [3.05, 3.63) is 50.1 Å². The van der Waals surface area contributed by atoms with E-state index >= 15 is 0 Å². The van der Waals surface area contributed by atoms with Crippen molar-refractivity contribution >= 4 is 33.2 Å². The highest BCUT2D eigenvalue weighted by Gasteiger charge is 2.11. The molecule has 1 heterocycles. The first-order chi connectivity index (χ1) is 8.58. The van der Waals surface area contributed by atoms with E-state index in [4.69, 9.17) is 0 Å².